The Kier molecular flexibility index (Phi) is 7.12. The van der Waals surface area contributed by atoms with Gasteiger partial charge in [-0.2, -0.15) is 0 Å². The predicted octanol–water partition coefficient (Wildman–Crippen LogP) is 0.470. The normalized spacial score (nSPS) is 19.4. The number of likely N-dealkylation sites (N-methyl/N-ethyl adjacent to an activating group) is 1. The Morgan fingerprint density at radius 3 is 2.62 bits per heavy atom. The smallest absolute Gasteiger partial charge is 0.325 e. The van der Waals surface area contributed by atoms with Gasteiger partial charge in [0.15, 0.2) is 17.1 Å². The SMILES string of the molecule is CN1C(=O)c2c(O)c(=O)c(C(=O)NCc3ccc(F)cc3F)cn2N(CCCP(=O)(O)O)C12CCOC2. The van der Waals surface area contributed by atoms with Crippen LogP contribution in [0.2, 0.25) is 0 Å². The summed E-state index contributed by atoms with van der Waals surface area (Å²) in [5, 5.41) is 14.6. The third kappa shape index (κ3) is 4.97. The van der Waals surface area contributed by atoms with Gasteiger partial charge in [-0.1, -0.05) is 6.07 Å². The minimum absolute atomic E-state index is 0.0221. The predicted molar refractivity (Wildman–Crippen MR) is 125 cm³/mol. The summed E-state index contributed by atoms with van der Waals surface area (Å²) in [6.45, 7) is -0.116. The number of amides is 2. The molecule has 0 aliphatic carbocycles. The molecule has 2 aromatic rings. The number of nitrogens with zero attached hydrogens (tertiary/aromatic N) is 3. The fourth-order valence-electron chi connectivity index (χ4n) is 4.55. The van der Waals surface area contributed by atoms with E-state index in [9.17, 15) is 42.6 Å². The number of ether oxygens (including phenoxy) is 1. The molecular formula is C22H25F2N4O8P. The van der Waals surface area contributed by atoms with Gasteiger partial charge in [0.05, 0.1) is 19.4 Å². The van der Waals surface area contributed by atoms with Gasteiger partial charge in [-0.25, -0.2) is 8.78 Å². The first kappa shape index (κ1) is 26.7. The van der Waals surface area contributed by atoms with Crippen LogP contribution in [-0.2, 0) is 15.8 Å². The number of aromatic nitrogens is 1. The number of hydrogen-bond acceptors (Lipinski definition) is 7. The first-order chi connectivity index (χ1) is 17.4. The molecule has 2 aliphatic heterocycles. The molecule has 15 heteroatoms. The number of carbonyl (C=O) groups excluding carboxylic acids is 2. The average Bonchev–Trinajstić information content (AvgIpc) is 3.31. The highest BCUT2D eigenvalue weighted by atomic mass is 31.2. The van der Waals surface area contributed by atoms with Crippen LogP contribution in [0.1, 0.15) is 39.3 Å². The molecule has 1 spiro atoms. The molecule has 200 valence electrons. The lowest BCUT2D eigenvalue weighted by molar-refractivity contribution is 0.0301. The largest absolute Gasteiger partial charge is 0.502 e. The summed E-state index contributed by atoms with van der Waals surface area (Å²) < 4.78 is 45.2. The Morgan fingerprint density at radius 2 is 2.00 bits per heavy atom. The Labute approximate surface area is 209 Å². The van der Waals surface area contributed by atoms with E-state index in [4.69, 9.17) is 4.74 Å². The van der Waals surface area contributed by atoms with Crippen LogP contribution in [0.15, 0.2) is 29.2 Å². The fraction of sp³-hybridized carbons (Fsp3) is 0.409. The zero-order valence-electron chi connectivity index (χ0n) is 19.7. The van der Waals surface area contributed by atoms with Gasteiger partial charge >= 0.3 is 7.60 Å². The first-order valence-corrected chi connectivity index (χ1v) is 13.0. The molecule has 4 N–H and O–H groups in total. The number of fused-ring (bicyclic) bond motifs is 1. The van der Waals surface area contributed by atoms with E-state index in [0.29, 0.717) is 12.5 Å². The zero-order chi connectivity index (χ0) is 27.1. The second-order valence-corrected chi connectivity index (χ2v) is 10.6. The van der Waals surface area contributed by atoms with Crippen molar-refractivity contribution in [3.05, 3.63) is 63.1 Å². The minimum atomic E-state index is -4.34. The highest BCUT2D eigenvalue weighted by Gasteiger charge is 2.52. The molecule has 1 fully saturated rings. The number of nitrogens with one attached hydrogen (secondary N) is 1. The molecule has 1 aromatic carbocycles. The zero-order valence-corrected chi connectivity index (χ0v) is 20.6. The highest BCUT2D eigenvalue weighted by Crippen LogP contribution is 2.38. The maximum Gasteiger partial charge on any atom is 0.325 e. The van der Waals surface area contributed by atoms with Crippen LogP contribution < -0.4 is 15.8 Å². The van der Waals surface area contributed by atoms with Gasteiger partial charge in [0.2, 0.25) is 5.43 Å². The molecular weight excluding hydrogens is 517 g/mol. The van der Waals surface area contributed by atoms with Gasteiger partial charge in [-0.05, 0) is 12.5 Å². The third-order valence-corrected chi connectivity index (χ3v) is 7.43. The van der Waals surface area contributed by atoms with Crippen molar-refractivity contribution in [3.8, 4) is 5.75 Å². The molecule has 1 saturated heterocycles. The number of rotatable bonds is 7. The van der Waals surface area contributed by atoms with Crippen LogP contribution >= 0.6 is 7.60 Å². The molecule has 3 heterocycles. The van der Waals surface area contributed by atoms with Crippen molar-refractivity contribution < 1.29 is 42.6 Å². The maximum atomic E-state index is 14.0. The third-order valence-electron chi connectivity index (χ3n) is 6.54. The van der Waals surface area contributed by atoms with Gasteiger partial charge in [-0.3, -0.25) is 28.6 Å². The quantitative estimate of drug-likeness (QED) is 0.365. The van der Waals surface area contributed by atoms with E-state index in [2.05, 4.69) is 5.32 Å². The summed E-state index contributed by atoms with van der Waals surface area (Å²) in [7, 11) is -2.89. The summed E-state index contributed by atoms with van der Waals surface area (Å²) in [6, 6.07) is 2.77. The van der Waals surface area contributed by atoms with Crippen molar-refractivity contribution in [3.63, 3.8) is 0 Å². The summed E-state index contributed by atoms with van der Waals surface area (Å²) in [5.74, 6) is -4.41. The number of hydrogen-bond donors (Lipinski definition) is 4. The fourth-order valence-corrected chi connectivity index (χ4v) is 5.11. The number of benzene rings is 1. The highest BCUT2D eigenvalue weighted by molar-refractivity contribution is 7.51. The van der Waals surface area contributed by atoms with E-state index in [0.717, 1.165) is 23.0 Å². The van der Waals surface area contributed by atoms with E-state index in [1.807, 2.05) is 0 Å². The molecule has 2 aliphatic rings. The average molecular weight is 542 g/mol. The van der Waals surface area contributed by atoms with Crippen LogP contribution in [0.5, 0.6) is 5.75 Å². The molecule has 0 bridgehead atoms. The molecule has 12 nitrogen and oxygen atoms in total. The summed E-state index contributed by atoms with van der Waals surface area (Å²) in [6.07, 6.45) is 0.876. The van der Waals surface area contributed by atoms with Gasteiger partial charge in [-0.15, -0.1) is 0 Å². The number of aromatic hydroxyl groups is 1. The number of pyridine rings is 1. The molecule has 0 saturated carbocycles. The van der Waals surface area contributed by atoms with Crippen LogP contribution in [0, 0.1) is 11.6 Å². The molecule has 4 rings (SSSR count). The van der Waals surface area contributed by atoms with Crippen molar-refractivity contribution in [2.24, 2.45) is 0 Å². The van der Waals surface area contributed by atoms with Gasteiger partial charge in [0.1, 0.15) is 17.2 Å². The Morgan fingerprint density at radius 1 is 1.27 bits per heavy atom. The second-order valence-electron chi connectivity index (χ2n) is 8.85. The second kappa shape index (κ2) is 9.86. The summed E-state index contributed by atoms with van der Waals surface area (Å²) in [4.78, 5) is 58.8. The van der Waals surface area contributed by atoms with E-state index < -0.39 is 71.8 Å². The van der Waals surface area contributed by atoms with E-state index >= 15 is 0 Å². The summed E-state index contributed by atoms with van der Waals surface area (Å²) in [5.41, 5.74) is -3.28. The Balaban J connectivity index is 1.73. The number of carbonyl (C=O) groups is 2. The standard InChI is InChI=1S/C22H25F2N4O8P/c1-26-21(32)17-19(30)18(29)15(20(31)25-10-13-3-4-14(23)9-16(13)24)11-27(17)28(6-2-8-37(33,34)35)22(26)5-7-36-12-22/h3-4,9,11,30H,2,5-8,10,12H2,1H3,(H,25,31)(H2,33,34,35). The maximum absolute atomic E-state index is 14.0. The van der Waals surface area contributed by atoms with Crippen LogP contribution in [0.25, 0.3) is 0 Å². The van der Waals surface area contributed by atoms with Crippen LogP contribution in [0.4, 0.5) is 8.78 Å². The van der Waals surface area contributed by atoms with E-state index in [1.165, 1.54) is 17.0 Å². The Hall–Kier alpha value is -3.32. The first-order valence-electron chi connectivity index (χ1n) is 11.2. The molecule has 1 aromatic heterocycles. The Bertz CT molecular complexity index is 1350. The van der Waals surface area contributed by atoms with E-state index in [1.54, 1.807) is 0 Å². The topological polar surface area (TPSA) is 162 Å². The monoisotopic (exact) mass is 542 g/mol. The lowest BCUT2D eigenvalue weighted by Gasteiger charge is -2.52. The summed E-state index contributed by atoms with van der Waals surface area (Å²) >= 11 is 0. The minimum Gasteiger partial charge on any atom is -0.502 e. The molecule has 0 radical (unpaired) electrons. The van der Waals surface area contributed by atoms with Crippen molar-refractivity contribution in [2.45, 2.75) is 25.0 Å². The van der Waals surface area contributed by atoms with Gasteiger partial charge in [0.25, 0.3) is 11.8 Å². The van der Waals surface area contributed by atoms with Gasteiger partial charge in [0, 0.05) is 44.4 Å². The number of halogens is 2. The molecule has 2 amide bonds. The van der Waals surface area contributed by atoms with E-state index in [-0.39, 0.29) is 31.7 Å². The van der Waals surface area contributed by atoms with Crippen molar-refractivity contribution >= 4 is 19.4 Å². The van der Waals surface area contributed by atoms with Crippen LogP contribution in [0.3, 0.4) is 0 Å². The van der Waals surface area contributed by atoms with Gasteiger partial charge < -0.3 is 29.8 Å². The van der Waals surface area contributed by atoms with Crippen molar-refractivity contribution in [2.75, 3.05) is 38.0 Å². The molecule has 1 unspecified atom stereocenters. The molecule has 37 heavy (non-hydrogen) atoms. The molecule has 1 atom stereocenters. The lowest BCUT2D eigenvalue weighted by atomic mass is 10.0. The van der Waals surface area contributed by atoms with Crippen molar-refractivity contribution in [1.82, 2.24) is 14.9 Å². The van der Waals surface area contributed by atoms with Crippen molar-refractivity contribution in [1.29, 1.82) is 0 Å². The lowest BCUT2D eigenvalue weighted by Crippen LogP contribution is -2.70. The van der Waals surface area contributed by atoms with Crippen LogP contribution in [-0.4, -0.2) is 74.9 Å².